The quantitative estimate of drug-likeness (QED) is 0.545. The lowest BCUT2D eigenvalue weighted by atomic mass is 10.2. The van der Waals surface area contributed by atoms with Crippen molar-refractivity contribution < 1.29 is 4.79 Å². The van der Waals surface area contributed by atoms with E-state index >= 15 is 0 Å². The minimum Gasteiger partial charge on any atom is -0.319 e. The molecule has 1 amide bonds. The minimum atomic E-state index is -0.298. The molecule has 0 unspecified atom stereocenters. The van der Waals surface area contributed by atoms with Gasteiger partial charge in [-0.15, -0.1) is 0 Å². The van der Waals surface area contributed by atoms with Crippen LogP contribution in [0.3, 0.4) is 0 Å². The molecule has 1 aromatic heterocycles. The van der Waals surface area contributed by atoms with Crippen LogP contribution in [0.4, 0.5) is 0 Å². The first kappa shape index (κ1) is 16.9. The fourth-order valence-corrected chi connectivity index (χ4v) is 2.49. The lowest BCUT2D eigenvalue weighted by molar-refractivity contribution is -0.121. The molecule has 126 valence electrons. The van der Waals surface area contributed by atoms with E-state index in [4.69, 9.17) is 11.6 Å². The molecular weight excluding hydrogens is 340 g/mol. The third-order valence-electron chi connectivity index (χ3n) is 3.51. The maximum absolute atomic E-state index is 12.0. The second kappa shape index (κ2) is 7.72. The van der Waals surface area contributed by atoms with Gasteiger partial charge in [0, 0.05) is 17.9 Å². The normalized spacial score (nSPS) is 11.1. The number of aromatic nitrogens is 2. The molecular formula is C18H15ClN4O2. The van der Waals surface area contributed by atoms with Crippen LogP contribution >= 0.6 is 11.6 Å². The molecule has 6 nitrogen and oxygen atoms in total. The molecule has 7 heteroatoms. The standard InChI is InChI=1S/C18H15ClN4O2/c19-13-5-3-4-12(10-13)11-20-23-17(24)9-8-16-18(25)22-15-7-2-1-6-14(15)21-16/h1-7,10-11H,8-9H2,(H,22,25)(H,23,24)/b20-11-. The lowest BCUT2D eigenvalue weighted by Gasteiger charge is -2.02. The van der Waals surface area contributed by atoms with Crippen LogP contribution in [0.5, 0.6) is 0 Å². The Labute approximate surface area is 148 Å². The highest BCUT2D eigenvalue weighted by Gasteiger charge is 2.07. The number of aryl methyl sites for hydroxylation is 1. The van der Waals surface area contributed by atoms with Crippen LogP contribution < -0.4 is 11.0 Å². The van der Waals surface area contributed by atoms with Crippen LogP contribution in [0.2, 0.25) is 5.02 Å². The Bertz CT molecular complexity index is 998. The van der Waals surface area contributed by atoms with Gasteiger partial charge >= 0.3 is 0 Å². The van der Waals surface area contributed by atoms with Gasteiger partial charge < -0.3 is 4.98 Å². The Balaban J connectivity index is 1.59. The molecule has 0 atom stereocenters. The fraction of sp³-hybridized carbons (Fsp3) is 0.111. The molecule has 0 aliphatic heterocycles. The van der Waals surface area contributed by atoms with Crippen LogP contribution in [-0.2, 0) is 11.2 Å². The Morgan fingerprint density at radius 3 is 2.92 bits per heavy atom. The second-order valence-corrected chi connectivity index (χ2v) is 5.81. The molecule has 0 aliphatic rings. The van der Waals surface area contributed by atoms with E-state index in [0.717, 1.165) is 5.56 Å². The predicted octanol–water partition coefficient (Wildman–Crippen LogP) is 2.66. The number of hydrazone groups is 1. The van der Waals surface area contributed by atoms with Crippen LogP contribution in [0.1, 0.15) is 17.7 Å². The average molecular weight is 355 g/mol. The van der Waals surface area contributed by atoms with Crippen LogP contribution in [0.25, 0.3) is 11.0 Å². The maximum Gasteiger partial charge on any atom is 0.270 e. The highest BCUT2D eigenvalue weighted by Crippen LogP contribution is 2.09. The molecule has 0 aliphatic carbocycles. The van der Waals surface area contributed by atoms with E-state index in [0.29, 0.717) is 21.7 Å². The molecule has 3 rings (SSSR count). The van der Waals surface area contributed by atoms with Crippen molar-refractivity contribution in [3.63, 3.8) is 0 Å². The summed E-state index contributed by atoms with van der Waals surface area (Å²) < 4.78 is 0. The number of hydrogen-bond acceptors (Lipinski definition) is 4. The van der Waals surface area contributed by atoms with E-state index in [1.54, 1.807) is 24.3 Å². The molecule has 0 fully saturated rings. The van der Waals surface area contributed by atoms with Crippen LogP contribution in [0, 0.1) is 0 Å². The third kappa shape index (κ3) is 4.51. The predicted molar refractivity (Wildman–Crippen MR) is 97.9 cm³/mol. The monoisotopic (exact) mass is 354 g/mol. The fourth-order valence-electron chi connectivity index (χ4n) is 2.29. The van der Waals surface area contributed by atoms with Crippen molar-refractivity contribution >= 4 is 34.8 Å². The van der Waals surface area contributed by atoms with Crippen molar-refractivity contribution in [2.45, 2.75) is 12.8 Å². The van der Waals surface area contributed by atoms with Gasteiger partial charge in [-0.1, -0.05) is 35.9 Å². The van der Waals surface area contributed by atoms with E-state index < -0.39 is 0 Å². The Morgan fingerprint density at radius 2 is 2.08 bits per heavy atom. The number of nitrogens with zero attached hydrogens (tertiary/aromatic N) is 2. The maximum atomic E-state index is 12.0. The van der Waals surface area contributed by atoms with Crippen LogP contribution in [-0.4, -0.2) is 22.1 Å². The van der Waals surface area contributed by atoms with Crippen molar-refractivity contribution in [3.8, 4) is 0 Å². The zero-order chi connectivity index (χ0) is 17.6. The third-order valence-corrected chi connectivity index (χ3v) is 3.75. The van der Waals surface area contributed by atoms with Crippen LogP contribution in [0.15, 0.2) is 58.4 Å². The molecule has 2 N–H and O–H groups in total. The van der Waals surface area contributed by atoms with E-state index in [9.17, 15) is 9.59 Å². The summed E-state index contributed by atoms with van der Waals surface area (Å²) >= 11 is 5.87. The summed E-state index contributed by atoms with van der Waals surface area (Å²) in [6, 6.07) is 14.4. The first-order valence-corrected chi connectivity index (χ1v) is 8.05. The largest absolute Gasteiger partial charge is 0.319 e. The second-order valence-electron chi connectivity index (χ2n) is 5.38. The van der Waals surface area contributed by atoms with E-state index in [1.807, 2.05) is 24.3 Å². The number of amides is 1. The van der Waals surface area contributed by atoms with Gasteiger partial charge in [-0.2, -0.15) is 5.10 Å². The summed E-state index contributed by atoms with van der Waals surface area (Å²) in [4.78, 5) is 30.9. The number of H-pyrrole nitrogens is 1. The summed E-state index contributed by atoms with van der Waals surface area (Å²) in [5, 5.41) is 4.47. The summed E-state index contributed by atoms with van der Waals surface area (Å²) in [7, 11) is 0. The SMILES string of the molecule is O=C(CCc1nc2ccccc2[nH]c1=O)N/N=C\c1cccc(Cl)c1. The zero-order valence-corrected chi connectivity index (χ0v) is 14.0. The van der Waals surface area contributed by atoms with Gasteiger partial charge in [0.2, 0.25) is 5.91 Å². The van der Waals surface area contributed by atoms with Gasteiger partial charge in [-0.3, -0.25) is 9.59 Å². The first-order valence-electron chi connectivity index (χ1n) is 7.67. The number of nitrogens with one attached hydrogen (secondary N) is 2. The van der Waals surface area contributed by atoms with Crippen molar-refractivity contribution in [3.05, 3.63) is 75.2 Å². The number of benzene rings is 2. The summed E-state index contributed by atoms with van der Waals surface area (Å²) in [5.74, 6) is -0.298. The van der Waals surface area contributed by atoms with E-state index in [2.05, 4.69) is 20.5 Å². The van der Waals surface area contributed by atoms with Gasteiger partial charge in [-0.25, -0.2) is 10.4 Å². The summed E-state index contributed by atoms with van der Waals surface area (Å²) in [5.41, 5.74) is 4.61. The Kier molecular flexibility index (Phi) is 5.20. The smallest absolute Gasteiger partial charge is 0.270 e. The van der Waals surface area contributed by atoms with E-state index in [-0.39, 0.29) is 24.3 Å². The number of para-hydroxylation sites is 2. The molecule has 1 heterocycles. The van der Waals surface area contributed by atoms with Gasteiger partial charge in [0.15, 0.2) is 0 Å². The number of aromatic amines is 1. The number of halogens is 1. The number of fused-ring (bicyclic) bond motifs is 1. The molecule has 3 aromatic rings. The van der Waals surface area contributed by atoms with Gasteiger partial charge in [-0.05, 0) is 29.8 Å². The number of carbonyl (C=O) groups is 1. The Morgan fingerprint density at radius 1 is 1.24 bits per heavy atom. The molecule has 0 saturated heterocycles. The van der Waals surface area contributed by atoms with Gasteiger partial charge in [0.25, 0.3) is 5.56 Å². The zero-order valence-electron chi connectivity index (χ0n) is 13.2. The van der Waals surface area contributed by atoms with Crippen molar-refractivity contribution in [1.29, 1.82) is 0 Å². The topological polar surface area (TPSA) is 87.2 Å². The van der Waals surface area contributed by atoms with Crippen molar-refractivity contribution in [2.24, 2.45) is 5.10 Å². The lowest BCUT2D eigenvalue weighted by Crippen LogP contribution is -2.21. The van der Waals surface area contributed by atoms with Gasteiger partial charge in [0.1, 0.15) is 5.69 Å². The average Bonchev–Trinajstić information content (AvgIpc) is 2.60. The first-order chi connectivity index (χ1) is 12.1. The minimum absolute atomic E-state index is 0.112. The van der Waals surface area contributed by atoms with Crippen molar-refractivity contribution in [2.75, 3.05) is 0 Å². The molecule has 2 aromatic carbocycles. The molecule has 0 bridgehead atoms. The highest BCUT2D eigenvalue weighted by atomic mass is 35.5. The number of rotatable bonds is 5. The molecule has 0 radical (unpaired) electrons. The molecule has 0 saturated carbocycles. The molecule has 0 spiro atoms. The van der Waals surface area contributed by atoms with Crippen molar-refractivity contribution in [1.82, 2.24) is 15.4 Å². The van der Waals surface area contributed by atoms with E-state index in [1.165, 1.54) is 6.21 Å². The molecule has 25 heavy (non-hydrogen) atoms. The number of carbonyl (C=O) groups excluding carboxylic acids is 1. The summed E-state index contributed by atoms with van der Waals surface area (Å²) in [6.07, 6.45) is 1.85. The number of hydrogen-bond donors (Lipinski definition) is 2. The Hall–Kier alpha value is -2.99. The summed E-state index contributed by atoms with van der Waals surface area (Å²) in [6.45, 7) is 0. The highest BCUT2D eigenvalue weighted by molar-refractivity contribution is 6.30. The van der Waals surface area contributed by atoms with Gasteiger partial charge in [0.05, 0.1) is 17.2 Å².